The van der Waals surface area contributed by atoms with Gasteiger partial charge in [-0.05, 0) is 18.6 Å². The number of hydrogen-bond donors (Lipinski definition) is 0. The molecule has 13 heavy (non-hydrogen) atoms. The van der Waals surface area contributed by atoms with Crippen molar-refractivity contribution >= 4 is 11.6 Å². The molecule has 0 aliphatic carbocycles. The lowest BCUT2D eigenvalue weighted by Crippen LogP contribution is -1.97. The standard InChI is InChI=1S/C9H8ClN3/c1-7-6-11-9(10)5-8(7)13-4-2-3-12-13/h2-6H,1H3. The lowest BCUT2D eigenvalue weighted by molar-refractivity contribution is 0.869. The topological polar surface area (TPSA) is 30.7 Å². The molecule has 2 rings (SSSR count). The molecule has 0 saturated heterocycles. The molecule has 0 saturated carbocycles. The summed E-state index contributed by atoms with van der Waals surface area (Å²) in [5.74, 6) is 0. The Morgan fingerprint density at radius 2 is 2.31 bits per heavy atom. The van der Waals surface area contributed by atoms with Gasteiger partial charge in [0.15, 0.2) is 0 Å². The fourth-order valence-electron chi connectivity index (χ4n) is 1.15. The normalized spacial score (nSPS) is 10.3. The summed E-state index contributed by atoms with van der Waals surface area (Å²) < 4.78 is 1.77. The first-order valence-corrected chi connectivity index (χ1v) is 4.27. The molecule has 2 heterocycles. The number of nitrogens with zero attached hydrogens (tertiary/aromatic N) is 3. The minimum Gasteiger partial charge on any atom is -0.244 e. The van der Waals surface area contributed by atoms with Crippen LogP contribution in [0.25, 0.3) is 5.69 Å². The smallest absolute Gasteiger partial charge is 0.131 e. The lowest BCUT2D eigenvalue weighted by atomic mass is 10.3. The molecule has 0 unspecified atom stereocenters. The van der Waals surface area contributed by atoms with E-state index in [1.165, 1.54) is 0 Å². The second-order valence-corrected chi connectivity index (χ2v) is 3.13. The first-order chi connectivity index (χ1) is 6.27. The first-order valence-electron chi connectivity index (χ1n) is 3.89. The van der Waals surface area contributed by atoms with E-state index in [-0.39, 0.29) is 0 Å². The van der Waals surface area contributed by atoms with Crippen LogP contribution in [-0.4, -0.2) is 14.8 Å². The molecule has 66 valence electrons. The Bertz CT molecular complexity index is 409. The van der Waals surface area contributed by atoms with Gasteiger partial charge in [0.2, 0.25) is 0 Å². The molecule has 0 aliphatic rings. The Labute approximate surface area is 81.0 Å². The largest absolute Gasteiger partial charge is 0.244 e. The minimum absolute atomic E-state index is 0.483. The highest BCUT2D eigenvalue weighted by Crippen LogP contribution is 2.15. The van der Waals surface area contributed by atoms with Crippen LogP contribution in [0.1, 0.15) is 5.56 Å². The molecule has 2 aromatic heterocycles. The van der Waals surface area contributed by atoms with Crippen molar-refractivity contribution in [2.75, 3.05) is 0 Å². The van der Waals surface area contributed by atoms with Crippen molar-refractivity contribution in [1.82, 2.24) is 14.8 Å². The van der Waals surface area contributed by atoms with Gasteiger partial charge in [0.25, 0.3) is 0 Å². The van der Waals surface area contributed by atoms with Crippen LogP contribution in [0, 0.1) is 6.92 Å². The van der Waals surface area contributed by atoms with Crippen LogP contribution in [0.4, 0.5) is 0 Å². The maximum atomic E-state index is 5.78. The molecule has 2 aromatic rings. The Hall–Kier alpha value is -1.35. The van der Waals surface area contributed by atoms with E-state index in [0.717, 1.165) is 11.3 Å². The van der Waals surface area contributed by atoms with Crippen LogP contribution in [-0.2, 0) is 0 Å². The van der Waals surface area contributed by atoms with E-state index < -0.39 is 0 Å². The molecule has 0 atom stereocenters. The SMILES string of the molecule is Cc1cnc(Cl)cc1-n1cccn1. The van der Waals surface area contributed by atoms with Crippen molar-refractivity contribution in [2.45, 2.75) is 6.92 Å². The maximum Gasteiger partial charge on any atom is 0.131 e. The molecule has 0 aromatic carbocycles. The van der Waals surface area contributed by atoms with Gasteiger partial charge < -0.3 is 0 Å². The number of aryl methyl sites for hydroxylation is 1. The van der Waals surface area contributed by atoms with E-state index >= 15 is 0 Å². The second kappa shape index (κ2) is 3.18. The monoisotopic (exact) mass is 193 g/mol. The van der Waals surface area contributed by atoms with Crippen molar-refractivity contribution in [2.24, 2.45) is 0 Å². The average molecular weight is 194 g/mol. The quantitative estimate of drug-likeness (QED) is 0.651. The summed E-state index contributed by atoms with van der Waals surface area (Å²) in [7, 11) is 0. The Morgan fingerprint density at radius 1 is 1.46 bits per heavy atom. The van der Waals surface area contributed by atoms with Crippen molar-refractivity contribution in [1.29, 1.82) is 0 Å². The van der Waals surface area contributed by atoms with Crippen LogP contribution in [0.2, 0.25) is 5.15 Å². The van der Waals surface area contributed by atoms with E-state index in [4.69, 9.17) is 11.6 Å². The predicted molar refractivity (Wildman–Crippen MR) is 51.1 cm³/mol. The molecule has 0 amide bonds. The number of pyridine rings is 1. The minimum atomic E-state index is 0.483. The van der Waals surface area contributed by atoms with Crippen LogP contribution < -0.4 is 0 Å². The van der Waals surface area contributed by atoms with Crippen LogP contribution in [0.3, 0.4) is 0 Å². The summed E-state index contributed by atoms with van der Waals surface area (Å²) >= 11 is 5.78. The molecule has 4 heteroatoms. The van der Waals surface area contributed by atoms with Crippen LogP contribution >= 0.6 is 11.6 Å². The highest BCUT2D eigenvalue weighted by atomic mass is 35.5. The molecule has 0 aliphatic heterocycles. The average Bonchev–Trinajstić information content (AvgIpc) is 2.61. The van der Waals surface area contributed by atoms with Crippen molar-refractivity contribution in [3.05, 3.63) is 41.4 Å². The summed E-state index contributed by atoms with van der Waals surface area (Å²) in [6.07, 6.45) is 5.34. The molecule has 0 fully saturated rings. The third-order valence-corrected chi connectivity index (χ3v) is 2.00. The van der Waals surface area contributed by atoms with Gasteiger partial charge in [-0.2, -0.15) is 5.10 Å². The van der Waals surface area contributed by atoms with Crippen LogP contribution in [0.5, 0.6) is 0 Å². The van der Waals surface area contributed by atoms with E-state index in [2.05, 4.69) is 10.1 Å². The summed E-state index contributed by atoms with van der Waals surface area (Å²) in [4.78, 5) is 3.97. The van der Waals surface area contributed by atoms with Crippen molar-refractivity contribution in [3.8, 4) is 5.69 Å². The predicted octanol–water partition coefficient (Wildman–Crippen LogP) is 2.23. The zero-order chi connectivity index (χ0) is 9.26. The molecule has 0 N–H and O–H groups in total. The van der Waals surface area contributed by atoms with Gasteiger partial charge in [-0.1, -0.05) is 11.6 Å². The van der Waals surface area contributed by atoms with E-state index in [9.17, 15) is 0 Å². The van der Waals surface area contributed by atoms with E-state index in [1.807, 2.05) is 19.2 Å². The fraction of sp³-hybridized carbons (Fsp3) is 0.111. The summed E-state index contributed by atoms with van der Waals surface area (Å²) in [6, 6.07) is 3.66. The number of rotatable bonds is 1. The molecule has 0 radical (unpaired) electrons. The first kappa shape index (κ1) is 8.26. The number of hydrogen-bond acceptors (Lipinski definition) is 2. The van der Waals surface area contributed by atoms with Gasteiger partial charge in [0.05, 0.1) is 5.69 Å². The Kier molecular flexibility index (Phi) is 2.02. The zero-order valence-corrected chi connectivity index (χ0v) is 7.86. The summed E-state index contributed by atoms with van der Waals surface area (Å²) in [6.45, 7) is 1.97. The zero-order valence-electron chi connectivity index (χ0n) is 7.11. The third kappa shape index (κ3) is 1.55. The second-order valence-electron chi connectivity index (χ2n) is 2.74. The van der Waals surface area contributed by atoms with Crippen LogP contribution in [0.15, 0.2) is 30.7 Å². The van der Waals surface area contributed by atoms with Gasteiger partial charge in [-0.15, -0.1) is 0 Å². The van der Waals surface area contributed by atoms with Crippen molar-refractivity contribution in [3.63, 3.8) is 0 Å². The summed E-state index contributed by atoms with van der Waals surface area (Å²) in [5.41, 5.74) is 2.01. The van der Waals surface area contributed by atoms with Gasteiger partial charge in [0.1, 0.15) is 5.15 Å². The van der Waals surface area contributed by atoms with Gasteiger partial charge >= 0.3 is 0 Å². The Morgan fingerprint density at radius 3 is 3.00 bits per heavy atom. The number of aromatic nitrogens is 3. The molecule has 3 nitrogen and oxygen atoms in total. The number of halogens is 1. The molecular formula is C9H8ClN3. The van der Waals surface area contributed by atoms with Gasteiger partial charge in [-0.3, -0.25) is 0 Å². The molecule has 0 bridgehead atoms. The van der Waals surface area contributed by atoms with Gasteiger partial charge in [0, 0.05) is 24.7 Å². The van der Waals surface area contributed by atoms with Crippen molar-refractivity contribution < 1.29 is 0 Å². The van der Waals surface area contributed by atoms with E-state index in [0.29, 0.717) is 5.15 Å². The maximum absolute atomic E-state index is 5.78. The van der Waals surface area contributed by atoms with Gasteiger partial charge in [-0.25, -0.2) is 9.67 Å². The van der Waals surface area contributed by atoms with E-state index in [1.54, 1.807) is 23.1 Å². The summed E-state index contributed by atoms with van der Waals surface area (Å²) in [5, 5.41) is 4.60. The molecule has 0 spiro atoms. The fourth-order valence-corrected chi connectivity index (χ4v) is 1.30. The highest BCUT2D eigenvalue weighted by Gasteiger charge is 2.01. The Balaban J connectivity index is 2.57. The highest BCUT2D eigenvalue weighted by molar-refractivity contribution is 6.29. The molecular weight excluding hydrogens is 186 g/mol. The lowest BCUT2D eigenvalue weighted by Gasteiger charge is -2.04. The third-order valence-electron chi connectivity index (χ3n) is 1.79.